The Hall–Kier alpha value is -3.04. The summed E-state index contributed by atoms with van der Waals surface area (Å²) in [5.74, 6) is -1.78. The number of aliphatic carboxylic acids is 1. The van der Waals surface area contributed by atoms with Crippen molar-refractivity contribution in [2.24, 2.45) is 21.7 Å². The first-order chi connectivity index (χ1) is 9.23. The zero-order valence-electron chi connectivity index (χ0n) is 10.4. The molecule has 0 unspecified atom stereocenters. The lowest BCUT2D eigenvalue weighted by Crippen LogP contribution is -2.21. The lowest BCUT2D eigenvalue weighted by Gasteiger charge is -1.95. The number of carbonyl (C=O) groups is 1. The number of nitro benzene ring substituents is 1. The van der Waals surface area contributed by atoms with Crippen LogP contribution in [0.1, 0.15) is 12.5 Å². The van der Waals surface area contributed by atoms with Gasteiger partial charge in [0.1, 0.15) is 5.82 Å². The van der Waals surface area contributed by atoms with E-state index in [4.69, 9.17) is 21.4 Å². The van der Waals surface area contributed by atoms with E-state index in [-0.39, 0.29) is 17.2 Å². The summed E-state index contributed by atoms with van der Waals surface area (Å²) in [4.78, 5) is 18.8. The maximum absolute atomic E-state index is 13.1. The lowest BCUT2D eigenvalue weighted by molar-refractivity contribution is -0.384. The standard InChI is InChI=1S/C8H8FN5O2.C2H4O2/c9-7-2-1-6(14(15)16)3-5(7)4-12-13-8(10)11;1-2(3)4/h1-4H,(H4,10,11,13);1H3,(H,3,4). The third-order valence-electron chi connectivity index (χ3n) is 1.56. The number of guanidine groups is 1. The molecule has 5 N–H and O–H groups in total. The number of halogens is 1. The smallest absolute Gasteiger partial charge is 0.300 e. The molecule has 0 aliphatic carbocycles. The number of nitrogens with two attached hydrogens (primary N) is 2. The molecule has 1 aromatic rings. The molecule has 0 bridgehead atoms. The van der Waals surface area contributed by atoms with Crippen LogP contribution in [0.15, 0.2) is 28.4 Å². The molecule has 0 amide bonds. The Morgan fingerprint density at radius 3 is 2.50 bits per heavy atom. The molecular weight excluding hydrogens is 273 g/mol. The molecule has 9 nitrogen and oxygen atoms in total. The second-order valence-corrected chi connectivity index (χ2v) is 3.25. The van der Waals surface area contributed by atoms with E-state index in [1.807, 2.05) is 0 Å². The van der Waals surface area contributed by atoms with Crippen LogP contribution in [0.25, 0.3) is 0 Å². The van der Waals surface area contributed by atoms with Crippen molar-refractivity contribution < 1.29 is 19.2 Å². The molecule has 0 saturated heterocycles. The molecule has 20 heavy (non-hydrogen) atoms. The third-order valence-corrected chi connectivity index (χ3v) is 1.56. The Kier molecular flexibility index (Phi) is 6.89. The summed E-state index contributed by atoms with van der Waals surface area (Å²) in [5, 5.41) is 24.4. The number of nitrogens with zero attached hydrogens (tertiary/aromatic N) is 3. The van der Waals surface area contributed by atoms with Crippen molar-refractivity contribution in [3.8, 4) is 0 Å². The summed E-state index contributed by atoms with van der Waals surface area (Å²) in [7, 11) is 0. The van der Waals surface area contributed by atoms with Gasteiger partial charge in [0.25, 0.3) is 11.7 Å². The fourth-order valence-electron chi connectivity index (χ4n) is 0.901. The van der Waals surface area contributed by atoms with Gasteiger partial charge >= 0.3 is 0 Å². The largest absolute Gasteiger partial charge is 0.481 e. The number of hydrogen-bond donors (Lipinski definition) is 3. The summed E-state index contributed by atoms with van der Waals surface area (Å²) >= 11 is 0. The van der Waals surface area contributed by atoms with E-state index >= 15 is 0 Å². The first kappa shape index (κ1) is 17.0. The molecule has 1 rings (SSSR count). The number of non-ortho nitro benzene ring substituents is 1. The zero-order chi connectivity index (χ0) is 15.7. The first-order valence-corrected chi connectivity index (χ1v) is 4.99. The van der Waals surface area contributed by atoms with Crippen LogP contribution in [0.3, 0.4) is 0 Å². The molecule has 108 valence electrons. The highest BCUT2D eigenvalue weighted by molar-refractivity contribution is 5.82. The summed E-state index contributed by atoms with van der Waals surface area (Å²) in [6.07, 6.45) is 0.988. The molecule has 0 radical (unpaired) electrons. The van der Waals surface area contributed by atoms with Crippen LogP contribution in [0.2, 0.25) is 0 Å². The van der Waals surface area contributed by atoms with E-state index in [1.165, 1.54) is 0 Å². The third kappa shape index (κ3) is 7.32. The Labute approximate surface area is 112 Å². The van der Waals surface area contributed by atoms with Gasteiger partial charge in [0, 0.05) is 24.6 Å². The molecule has 0 fully saturated rings. The van der Waals surface area contributed by atoms with Gasteiger partial charge in [-0.05, 0) is 6.07 Å². The highest BCUT2D eigenvalue weighted by Gasteiger charge is 2.08. The fraction of sp³-hybridized carbons (Fsp3) is 0.100. The number of carboxylic acid groups (broad SMARTS) is 1. The molecule has 0 atom stereocenters. The van der Waals surface area contributed by atoms with Crippen LogP contribution in [0.5, 0.6) is 0 Å². The van der Waals surface area contributed by atoms with Crippen LogP contribution in [0.4, 0.5) is 10.1 Å². The average Bonchev–Trinajstić information content (AvgIpc) is 2.30. The van der Waals surface area contributed by atoms with Crippen molar-refractivity contribution in [2.75, 3.05) is 0 Å². The molecule has 0 aliphatic heterocycles. The van der Waals surface area contributed by atoms with Gasteiger partial charge in [-0.2, -0.15) is 5.10 Å². The highest BCUT2D eigenvalue weighted by Crippen LogP contribution is 2.15. The maximum Gasteiger partial charge on any atom is 0.300 e. The molecule has 0 spiro atoms. The molecule has 0 aliphatic rings. The molecule has 1 aromatic carbocycles. The highest BCUT2D eigenvalue weighted by atomic mass is 19.1. The number of benzene rings is 1. The topological polar surface area (TPSA) is 157 Å². The Bertz CT molecular complexity index is 551. The summed E-state index contributed by atoms with van der Waals surface area (Å²) in [5.41, 5.74) is 9.66. The number of carboxylic acids is 1. The second kappa shape index (κ2) is 8.13. The fourth-order valence-corrected chi connectivity index (χ4v) is 0.901. The number of rotatable bonds is 3. The van der Waals surface area contributed by atoms with Crippen LogP contribution >= 0.6 is 0 Å². The molecular formula is C10H12FN5O4. The predicted molar refractivity (Wildman–Crippen MR) is 69.8 cm³/mol. The normalized spacial score (nSPS) is 9.50. The molecule has 0 saturated carbocycles. The molecule has 0 aromatic heterocycles. The minimum Gasteiger partial charge on any atom is -0.481 e. The summed E-state index contributed by atoms with van der Waals surface area (Å²) < 4.78 is 13.1. The average molecular weight is 285 g/mol. The van der Waals surface area contributed by atoms with E-state index in [2.05, 4.69) is 10.2 Å². The maximum atomic E-state index is 13.1. The number of hydrogen-bond acceptors (Lipinski definition) is 5. The van der Waals surface area contributed by atoms with Gasteiger partial charge in [-0.3, -0.25) is 14.9 Å². The van der Waals surface area contributed by atoms with E-state index in [0.29, 0.717) is 0 Å². The molecule has 10 heteroatoms. The van der Waals surface area contributed by atoms with Crippen LogP contribution < -0.4 is 11.5 Å². The Balaban J connectivity index is 0.000000796. The molecule has 0 heterocycles. The first-order valence-electron chi connectivity index (χ1n) is 4.99. The SMILES string of the molecule is CC(=O)O.NC(N)=NN=Cc1cc([N+](=O)[O-])ccc1F. The van der Waals surface area contributed by atoms with Crippen LogP contribution in [0, 0.1) is 15.9 Å². The summed E-state index contributed by atoms with van der Waals surface area (Å²) in [6.45, 7) is 1.08. The quantitative estimate of drug-likeness (QED) is 0.316. The van der Waals surface area contributed by atoms with Gasteiger partial charge in [-0.1, -0.05) is 0 Å². The number of nitro groups is 1. The predicted octanol–water partition coefficient (Wildman–Crippen LogP) is 0.432. The van der Waals surface area contributed by atoms with Gasteiger partial charge in [-0.25, -0.2) is 4.39 Å². The van der Waals surface area contributed by atoms with E-state index in [9.17, 15) is 14.5 Å². The van der Waals surface area contributed by atoms with Gasteiger partial charge < -0.3 is 16.6 Å². The Morgan fingerprint density at radius 2 is 2.05 bits per heavy atom. The minimum atomic E-state index is -0.833. The van der Waals surface area contributed by atoms with Crippen molar-refractivity contribution in [2.45, 2.75) is 6.92 Å². The van der Waals surface area contributed by atoms with Crippen molar-refractivity contribution in [1.82, 2.24) is 0 Å². The summed E-state index contributed by atoms with van der Waals surface area (Å²) in [6, 6.07) is 3.04. The van der Waals surface area contributed by atoms with Crippen LogP contribution in [-0.2, 0) is 4.79 Å². The minimum absolute atomic E-state index is 0.0702. The lowest BCUT2D eigenvalue weighted by atomic mass is 10.2. The van der Waals surface area contributed by atoms with Crippen molar-refractivity contribution >= 4 is 23.8 Å². The van der Waals surface area contributed by atoms with Crippen LogP contribution in [-0.4, -0.2) is 28.2 Å². The van der Waals surface area contributed by atoms with Gasteiger partial charge in [0.15, 0.2) is 0 Å². The van der Waals surface area contributed by atoms with Gasteiger partial charge in [0.2, 0.25) is 5.96 Å². The van der Waals surface area contributed by atoms with Gasteiger partial charge in [-0.15, -0.1) is 5.10 Å². The van der Waals surface area contributed by atoms with Gasteiger partial charge in [0.05, 0.1) is 11.1 Å². The van der Waals surface area contributed by atoms with E-state index in [1.54, 1.807) is 0 Å². The van der Waals surface area contributed by atoms with Crippen molar-refractivity contribution in [3.63, 3.8) is 0 Å². The zero-order valence-corrected chi connectivity index (χ0v) is 10.4. The van der Waals surface area contributed by atoms with Crippen molar-refractivity contribution in [1.29, 1.82) is 0 Å². The second-order valence-electron chi connectivity index (χ2n) is 3.25. The van der Waals surface area contributed by atoms with E-state index in [0.717, 1.165) is 31.3 Å². The monoisotopic (exact) mass is 285 g/mol. The Morgan fingerprint density at radius 1 is 1.50 bits per heavy atom. The van der Waals surface area contributed by atoms with Crippen molar-refractivity contribution in [3.05, 3.63) is 39.7 Å². The van der Waals surface area contributed by atoms with E-state index < -0.39 is 16.7 Å².